The molecule has 0 amide bonds. The highest BCUT2D eigenvalue weighted by atomic mass is 16.6. The number of rotatable bonds is 3. The Labute approximate surface area is 71.7 Å². The highest BCUT2D eigenvalue weighted by Gasteiger charge is 2.21. The summed E-state index contributed by atoms with van der Waals surface area (Å²) in [6.07, 6.45) is 6.12. The molecule has 0 fully saturated rings. The fraction of sp³-hybridized carbons (Fsp3) is 0.444. The second kappa shape index (κ2) is 4.59. The summed E-state index contributed by atoms with van der Waals surface area (Å²) >= 11 is 0. The van der Waals surface area contributed by atoms with Gasteiger partial charge in [0.15, 0.2) is 6.10 Å². The molecule has 1 aliphatic heterocycles. The molecule has 3 heteroatoms. The molecule has 1 rings (SSSR count). The van der Waals surface area contributed by atoms with Crippen LogP contribution in [0.15, 0.2) is 25.0 Å². The molecule has 1 atom stereocenters. The van der Waals surface area contributed by atoms with Crippen LogP contribution in [0, 0.1) is 0 Å². The molecule has 0 aliphatic carbocycles. The molecular formula is C9H12O3. The Morgan fingerprint density at radius 2 is 2.67 bits per heavy atom. The van der Waals surface area contributed by atoms with Crippen LogP contribution in [0.3, 0.4) is 0 Å². The molecule has 0 aromatic heterocycles. The van der Waals surface area contributed by atoms with Crippen molar-refractivity contribution in [2.75, 3.05) is 6.61 Å². The number of carbonyl (C=O) groups excluding carboxylic acids is 1. The van der Waals surface area contributed by atoms with Gasteiger partial charge in [0.2, 0.25) is 0 Å². The van der Waals surface area contributed by atoms with Crippen molar-refractivity contribution in [2.24, 2.45) is 0 Å². The predicted molar refractivity (Wildman–Crippen MR) is 44.4 cm³/mol. The first-order valence-corrected chi connectivity index (χ1v) is 3.92. The van der Waals surface area contributed by atoms with Crippen molar-refractivity contribution in [3.63, 3.8) is 0 Å². The van der Waals surface area contributed by atoms with Crippen LogP contribution < -0.4 is 0 Å². The third-order valence-corrected chi connectivity index (χ3v) is 1.54. The van der Waals surface area contributed by atoms with E-state index in [1.165, 1.54) is 6.08 Å². The molecule has 0 unspecified atom stereocenters. The third kappa shape index (κ3) is 2.42. The van der Waals surface area contributed by atoms with E-state index in [-0.39, 0.29) is 12.6 Å². The molecule has 0 saturated heterocycles. The normalized spacial score (nSPS) is 21.2. The van der Waals surface area contributed by atoms with Crippen molar-refractivity contribution >= 4 is 5.97 Å². The minimum absolute atomic E-state index is 0.252. The zero-order chi connectivity index (χ0) is 8.81. The van der Waals surface area contributed by atoms with Crippen molar-refractivity contribution in [1.82, 2.24) is 0 Å². The minimum Gasteiger partial charge on any atom is -0.487 e. The standard InChI is InChI=1S/C9H12O3/c1-2-6-12-9(10)8-5-3-4-7-11-8/h2,4,7-8H,1,3,5-6H2/t8-/m0/s1. The zero-order valence-corrected chi connectivity index (χ0v) is 6.86. The fourth-order valence-electron chi connectivity index (χ4n) is 0.941. The number of esters is 1. The Kier molecular flexibility index (Phi) is 3.38. The van der Waals surface area contributed by atoms with Gasteiger partial charge in [-0.25, -0.2) is 4.79 Å². The van der Waals surface area contributed by atoms with E-state index in [9.17, 15) is 4.79 Å². The van der Waals surface area contributed by atoms with E-state index < -0.39 is 6.10 Å². The lowest BCUT2D eigenvalue weighted by Crippen LogP contribution is -2.26. The van der Waals surface area contributed by atoms with Crippen molar-refractivity contribution in [1.29, 1.82) is 0 Å². The summed E-state index contributed by atoms with van der Waals surface area (Å²) in [4.78, 5) is 11.1. The molecule has 1 aliphatic rings. The maximum Gasteiger partial charge on any atom is 0.347 e. The number of allylic oxidation sites excluding steroid dienone is 1. The quantitative estimate of drug-likeness (QED) is 0.472. The fourth-order valence-corrected chi connectivity index (χ4v) is 0.941. The topological polar surface area (TPSA) is 35.5 Å². The van der Waals surface area contributed by atoms with Gasteiger partial charge in [-0.15, -0.1) is 0 Å². The van der Waals surface area contributed by atoms with Gasteiger partial charge in [-0.3, -0.25) is 0 Å². The second-order valence-corrected chi connectivity index (χ2v) is 2.49. The molecule has 0 radical (unpaired) electrons. The number of carbonyl (C=O) groups is 1. The molecule has 0 aromatic rings. The first-order valence-electron chi connectivity index (χ1n) is 3.92. The Morgan fingerprint density at radius 1 is 1.83 bits per heavy atom. The molecule has 66 valence electrons. The molecule has 0 saturated carbocycles. The summed E-state index contributed by atoms with van der Waals surface area (Å²) in [5, 5.41) is 0. The van der Waals surface area contributed by atoms with E-state index in [4.69, 9.17) is 9.47 Å². The summed E-state index contributed by atoms with van der Waals surface area (Å²) in [5.41, 5.74) is 0. The van der Waals surface area contributed by atoms with Gasteiger partial charge >= 0.3 is 5.97 Å². The lowest BCUT2D eigenvalue weighted by Gasteiger charge is -2.16. The van der Waals surface area contributed by atoms with E-state index in [0.29, 0.717) is 6.42 Å². The average Bonchev–Trinajstić information content (AvgIpc) is 2.15. The van der Waals surface area contributed by atoms with E-state index in [2.05, 4.69) is 6.58 Å². The van der Waals surface area contributed by atoms with Crippen molar-refractivity contribution in [3.05, 3.63) is 25.0 Å². The SMILES string of the molecule is C=CCOC(=O)[C@@H]1CCC=CO1. The average molecular weight is 168 g/mol. The Hall–Kier alpha value is -1.25. The molecule has 0 aromatic carbocycles. The maximum absolute atomic E-state index is 11.1. The van der Waals surface area contributed by atoms with Gasteiger partial charge < -0.3 is 9.47 Å². The van der Waals surface area contributed by atoms with Crippen LogP contribution in [0.2, 0.25) is 0 Å². The Morgan fingerprint density at radius 3 is 3.25 bits per heavy atom. The van der Waals surface area contributed by atoms with Gasteiger partial charge in [0.1, 0.15) is 6.61 Å². The lowest BCUT2D eigenvalue weighted by molar-refractivity contribution is -0.153. The van der Waals surface area contributed by atoms with Gasteiger partial charge in [-0.05, 0) is 18.9 Å². The van der Waals surface area contributed by atoms with Crippen LogP contribution in [-0.2, 0) is 14.3 Å². The lowest BCUT2D eigenvalue weighted by atomic mass is 10.2. The minimum atomic E-state index is -0.421. The van der Waals surface area contributed by atoms with Gasteiger partial charge in [0.25, 0.3) is 0 Å². The first-order chi connectivity index (χ1) is 5.84. The van der Waals surface area contributed by atoms with E-state index in [1.54, 1.807) is 6.26 Å². The smallest absolute Gasteiger partial charge is 0.347 e. The van der Waals surface area contributed by atoms with Crippen LogP contribution in [-0.4, -0.2) is 18.7 Å². The van der Waals surface area contributed by atoms with Crippen molar-refractivity contribution < 1.29 is 14.3 Å². The summed E-state index contributed by atoms with van der Waals surface area (Å²) in [5.74, 6) is -0.306. The highest BCUT2D eigenvalue weighted by molar-refractivity contribution is 5.75. The van der Waals surface area contributed by atoms with Crippen LogP contribution in [0.1, 0.15) is 12.8 Å². The zero-order valence-electron chi connectivity index (χ0n) is 6.86. The highest BCUT2D eigenvalue weighted by Crippen LogP contribution is 2.11. The molecule has 12 heavy (non-hydrogen) atoms. The second-order valence-electron chi connectivity index (χ2n) is 2.49. The largest absolute Gasteiger partial charge is 0.487 e. The van der Waals surface area contributed by atoms with E-state index in [1.807, 2.05) is 6.08 Å². The number of hydrogen-bond donors (Lipinski definition) is 0. The van der Waals surface area contributed by atoms with Crippen LogP contribution in [0.4, 0.5) is 0 Å². The summed E-state index contributed by atoms with van der Waals surface area (Å²) in [6.45, 7) is 3.70. The number of ether oxygens (including phenoxy) is 2. The Bertz CT molecular complexity index is 196. The van der Waals surface area contributed by atoms with Gasteiger partial charge in [-0.2, -0.15) is 0 Å². The monoisotopic (exact) mass is 168 g/mol. The van der Waals surface area contributed by atoms with Gasteiger partial charge in [0, 0.05) is 0 Å². The van der Waals surface area contributed by atoms with Crippen molar-refractivity contribution in [3.8, 4) is 0 Å². The summed E-state index contributed by atoms with van der Waals surface area (Å²) in [6, 6.07) is 0. The molecule has 3 nitrogen and oxygen atoms in total. The number of hydrogen-bond acceptors (Lipinski definition) is 3. The van der Waals surface area contributed by atoms with Crippen LogP contribution >= 0.6 is 0 Å². The van der Waals surface area contributed by atoms with Crippen molar-refractivity contribution in [2.45, 2.75) is 18.9 Å². The maximum atomic E-state index is 11.1. The van der Waals surface area contributed by atoms with E-state index >= 15 is 0 Å². The third-order valence-electron chi connectivity index (χ3n) is 1.54. The van der Waals surface area contributed by atoms with Gasteiger partial charge in [-0.1, -0.05) is 12.7 Å². The first kappa shape index (κ1) is 8.84. The van der Waals surface area contributed by atoms with Crippen LogP contribution in [0.25, 0.3) is 0 Å². The molecule has 0 bridgehead atoms. The molecule has 1 heterocycles. The molecule has 0 spiro atoms. The van der Waals surface area contributed by atoms with Gasteiger partial charge in [0.05, 0.1) is 6.26 Å². The Balaban J connectivity index is 2.31. The van der Waals surface area contributed by atoms with E-state index in [0.717, 1.165) is 6.42 Å². The van der Waals surface area contributed by atoms with Crippen LogP contribution in [0.5, 0.6) is 0 Å². The summed E-state index contributed by atoms with van der Waals surface area (Å²) < 4.78 is 9.86. The summed E-state index contributed by atoms with van der Waals surface area (Å²) in [7, 11) is 0. The molecular weight excluding hydrogens is 156 g/mol. The molecule has 0 N–H and O–H groups in total. The predicted octanol–water partition coefficient (Wildman–Crippen LogP) is 1.41.